The minimum Gasteiger partial charge on any atom is -0.384 e. The average Bonchev–Trinajstić information content (AvgIpc) is 2.59. The summed E-state index contributed by atoms with van der Waals surface area (Å²) in [5.74, 6) is 0.794. The van der Waals surface area contributed by atoms with E-state index < -0.39 is 0 Å². The number of benzene rings is 1. The Kier molecular flexibility index (Phi) is 2.63. The van der Waals surface area contributed by atoms with Crippen LogP contribution in [0.15, 0.2) is 47.9 Å². The lowest BCUT2D eigenvalue weighted by molar-refractivity contribution is 0.437. The van der Waals surface area contributed by atoms with Crippen molar-refractivity contribution in [2.45, 2.75) is 0 Å². The van der Waals surface area contributed by atoms with E-state index in [9.17, 15) is 0 Å². The lowest BCUT2D eigenvalue weighted by Gasteiger charge is -2.08. The van der Waals surface area contributed by atoms with E-state index in [1.54, 1.807) is 0 Å². The average molecular weight is 201 g/mol. The van der Waals surface area contributed by atoms with Crippen LogP contribution in [0.25, 0.3) is 6.08 Å². The number of allylic oxidation sites excluding steroid dienone is 1. The molecule has 0 fully saturated rings. The van der Waals surface area contributed by atoms with Gasteiger partial charge in [-0.1, -0.05) is 36.4 Å². The summed E-state index contributed by atoms with van der Waals surface area (Å²) in [6.45, 7) is 0.778. The molecule has 1 aromatic carbocycles. The first-order valence-electron chi connectivity index (χ1n) is 4.95. The molecule has 1 aliphatic heterocycles. The molecule has 0 bridgehead atoms. The third-order valence-corrected chi connectivity index (χ3v) is 2.44. The lowest BCUT2D eigenvalue weighted by Crippen LogP contribution is -2.21. The fraction of sp³-hybridized carbons (Fsp3) is 0.167. The van der Waals surface area contributed by atoms with Crippen LogP contribution < -0.4 is 11.1 Å². The molecule has 0 atom stereocenters. The molecule has 1 heterocycles. The number of nitrogens with one attached hydrogen (secondary N) is 1. The summed E-state index contributed by atoms with van der Waals surface area (Å²) >= 11 is 0. The smallest absolute Gasteiger partial charge is 0.124 e. The molecule has 0 unspecified atom stereocenters. The van der Waals surface area contributed by atoms with Gasteiger partial charge in [0.2, 0.25) is 0 Å². The second-order valence-electron chi connectivity index (χ2n) is 3.58. The van der Waals surface area contributed by atoms with Crippen LogP contribution in [-0.2, 0) is 0 Å². The molecule has 1 aliphatic rings. The number of hydrogen-bond acceptors (Lipinski definition) is 3. The predicted molar refractivity (Wildman–Crippen MR) is 62.5 cm³/mol. The number of nitrogens with zero attached hydrogens (tertiary/aromatic N) is 1. The highest BCUT2D eigenvalue weighted by Gasteiger charge is 2.12. The molecule has 15 heavy (non-hydrogen) atoms. The summed E-state index contributed by atoms with van der Waals surface area (Å²) in [6, 6.07) is 10.2. The molecule has 0 amide bonds. The van der Waals surface area contributed by atoms with Gasteiger partial charge in [-0.2, -0.15) is 0 Å². The maximum absolute atomic E-state index is 5.88. The summed E-state index contributed by atoms with van der Waals surface area (Å²) in [5, 5.41) is 3.22. The Bertz CT molecular complexity index is 393. The van der Waals surface area contributed by atoms with E-state index in [1.807, 2.05) is 42.3 Å². The highest BCUT2D eigenvalue weighted by Crippen LogP contribution is 2.10. The first-order chi connectivity index (χ1) is 7.27. The molecule has 1 aromatic rings. The summed E-state index contributed by atoms with van der Waals surface area (Å²) in [7, 11) is 1.96. The zero-order chi connectivity index (χ0) is 10.7. The lowest BCUT2D eigenvalue weighted by atomic mass is 10.2. The quantitative estimate of drug-likeness (QED) is 0.758. The molecule has 3 heteroatoms. The Labute approximate surface area is 89.9 Å². The molecule has 78 valence electrons. The van der Waals surface area contributed by atoms with E-state index in [0.29, 0.717) is 0 Å². The van der Waals surface area contributed by atoms with Crippen molar-refractivity contribution in [3.8, 4) is 0 Å². The van der Waals surface area contributed by atoms with Crippen LogP contribution in [-0.4, -0.2) is 18.6 Å². The molecule has 2 rings (SSSR count). The first kappa shape index (κ1) is 9.65. The van der Waals surface area contributed by atoms with Crippen LogP contribution in [0.2, 0.25) is 0 Å². The predicted octanol–water partition coefficient (Wildman–Crippen LogP) is 1.32. The van der Waals surface area contributed by atoms with Crippen molar-refractivity contribution >= 4 is 6.08 Å². The van der Waals surface area contributed by atoms with Gasteiger partial charge in [-0.15, -0.1) is 0 Å². The maximum Gasteiger partial charge on any atom is 0.124 e. The van der Waals surface area contributed by atoms with E-state index in [4.69, 9.17) is 5.73 Å². The van der Waals surface area contributed by atoms with Crippen molar-refractivity contribution in [1.82, 2.24) is 10.2 Å². The van der Waals surface area contributed by atoms with E-state index in [0.717, 1.165) is 18.2 Å². The third kappa shape index (κ3) is 2.13. The highest BCUT2D eigenvalue weighted by atomic mass is 15.3. The Morgan fingerprint density at radius 2 is 2.00 bits per heavy atom. The van der Waals surface area contributed by atoms with Crippen molar-refractivity contribution in [2.24, 2.45) is 5.73 Å². The van der Waals surface area contributed by atoms with Gasteiger partial charge in [-0.25, -0.2) is 0 Å². The standard InChI is InChI=1S/C12H15N3/c1-15-9-14-11(12(15)13)8-7-10-5-3-2-4-6-10/h2-8,14H,9,13H2,1H3/b8-7+. The highest BCUT2D eigenvalue weighted by molar-refractivity contribution is 5.53. The van der Waals surface area contributed by atoms with Crippen molar-refractivity contribution in [3.05, 3.63) is 53.5 Å². The van der Waals surface area contributed by atoms with Gasteiger partial charge in [0.15, 0.2) is 0 Å². The van der Waals surface area contributed by atoms with Crippen molar-refractivity contribution in [3.63, 3.8) is 0 Å². The molecule has 3 nitrogen and oxygen atoms in total. The second kappa shape index (κ2) is 4.09. The SMILES string of the molecule is CN1CNC(/C=C/c2ccccc2)=C1N. The van der Waals surface area contributed by atoms with Gasteiger partial charge in [0, 0.05) is 7.05 Å². The topological polar surface area (TPSA) is 41.3 Å². The number of rotatable bonds is 2. The van der Waals surface area contributed by atoms with Crippen molar-refractivity contribution in [2.75, 3.05) is 13.7 Å². The Balaban J connectivity index is 2.13. The van der Waals surface area contributed by atoms with Crippen molar-refractivity contribution < 1.29 is 0 Å². The van der Waals surface area contributed by atoms with Gasteiger partial charge in [0.1, 0.15) is 5.82 Å². The Morgan fingerprint density at radius 1 is 1.27 bits per heavy atom. The normalized spacial score (nSPS) is 16.2. The van der Waals surface area contributed by atoms with Gasteiger partial charge in [-0.05, 0) is 11.6 Å². The van der Waals surface area contributed by atoms with Gasteiger partial charge in [0.25, 0.3) is 0 Å². The molecule has 0 saturated carbocycles. The molecule has 0 aromatic heterocycles. The van der Waals surface area contributed by atoms with Crippen LogP contribution >= 0.6 is 0 Å². The van der Waals surface area contributed by atoms with E-state index in [1.165, 1.54) is 5.56 Å². The van der Waals surface area contributed by atoms with Crippen molar-refractivity contribution in [1.29, 1.82) is 0 Å². The molecule has 0 spiro atoms. The summed E-state index contributed by atoms with van der Waals surface area (Å²) in [6.07, 6.45) is 4.06. The third-order valence-electron chi connectivity index (χ3n) is 2.44. The molecule has 0 saturated heterocycles. The second-order valence-corrected chi connectivity index (χ2v) is 3.58. The summed E-state index contributed by atoms with van der Waals surface area (Å²) in [5.41, 5.74) is 8.04. The van der Waals surface area contributed by atoms with Gasteiger partial charge < -0.3 is 16.0 Å². The Hall–Kier alpha value is -1.90. The van der Waals surface area contributed by atoms with Crippen LogP contribution in [0.3, 0.4) is 0 Å². The van der Waals surface area contributed by atoms with Gasteiger partial charge in [0.05, 0.1) is 12.4 Å². The summed E-state index contributed by atoms with van der Waals surface area (Å²) in [4.78, 5) is 1.98. The van der Waals surface area contributed by atoms with Crippen LogP contribution in [0.5, 0.6) is 0 Å². The Morgan fingerprint density at radius 3 is 2.60 bits per heavy atom. The van der Waals surface area contributed by atoms with E-state index in [2.05, 4.69) is 17.4 Å². The molecule has 0 radical (unpaired) electrons. The molecular weight excluding hydrogens is 186 g/mol. The zero-order valence-electron chi connectivity index (χ0n) is 8.77. The molecule has 0 aliphatic carbocycles. The van der Waals surface area contributed by atoms with Gasteiger partial charge in [-0.3, -0.25) is 0 Å². The van der Waals surface area contributed by atoms with E-state index in [-0.39, 0.29) is 0 Å². The van der Waals surface area contributed by atoms with Crippen LogP contribution in [0, 0.1) is 0 Å². The maximum atomic E-state index is 5.88. The summed E-state index contributed by atoms with van der Waals surface area (Å²) < 4.78 is 0. The zero-order valence-corrected chi connectivity index (χ0v) is 8.77. The van der Waals surface area contributed by atoms with Crippen LogP contribution in [0.1, 0.15) is 5.56 Å². The fourth-order valence-electron chi connectivity index (χ4n) is 1.47. The van der Waals surface area contributed by atoms with E-state index >= 15 is 0 Å². The molecule has 3 N–H and O–H groups in total. The number of hydrogen-bond donors (Lipinski definition) is 2. The number of nitrogens with two attached hydrogens (primary N) is 1. The minimum absolute atomic E-state index is 0.778. The largest absolute Gasteiger partial charge is 0.384 e. The monoisotopic (exact) mass is 201 g/mol. The van der Waals surface area contributed by atoms with Gasteiger partial charge >= 0.3 is 0 Å². The minimum atomic E-state index is 0.778. The first-order valence-corrected chi connectivity index (χ1v) is 4.95. The molecular formula is C12H15N3. The fourth-order valence-corrected chi connectivity index (χ4v) is 1.47. The van der Waals surface area contributed by atoms with Crippen LogP contribution in [0.4, 0.5) is 0 Å².